The molecule has 2 aliphatic rings. The van der Waals surface area contributed by atoms with Crippen LogP contribution in [0.15, 0.2) is 109 Å². The topological polar surface area (TPSA) is 107 Å². The molecule has 10 nitrogen and oxygen atoms in total. The van der Waals surface area contributed by atoms with Crippen LogP contribution in [0.4, 0.5) is 9.59 Å². The first-order chi connectivity index (χ1) is 25.1. The van der Waals surface area contributed by atoms with Crippen molar-refractivity contribution < 1.29 is 38.4 Å². The summed E-state index contributed by atoms with van der Waals surface area (Å²) in [5.74, 6) is 2.58. The van der Waals surface area contributed by atoms with Gasteiger partial charge >= 0.3 is 12.2 Å². The summed E-state index contributed by atoms with van der Waals surface area (Å²) in [6.45, 7) is 15.1. The molecule has 4 aromatic carbocycles. The van der Waals surface area contributed by atoms with E-state index in [1.807, 2.05) is 126 Å². The van der Waals surface area contributed by atoms with Gasteiger partial charge < -0.3 is 38.6 Å². The molecule has 0 saturated carbocycles. The van der Waals surface area contributed by atoms with Crippen LogP contribution in [-0.4, -0.2) is 74.5 Å². The molecular formula is C42H51IN2O8. The number of aromatic hydroxyl groups is 1. The first-order valence-corrected chi connectivity index (χ1v) is 18.9. The SMILES string of the molecule is CC(C)(C)OC(=O)N1CC(I)C1.CC(C)(C)OC(=O)N1CC(Oc2ccc(OCc3ccccc3)cc2)C1.Oc1ccc(OCc2ccccc2)cc1. The first kappa shape index (κ1) is 41.1. The lowest BCUT2D eigenvalue weighted by Gasteiger charge is -2.39. The van der Waals surface area contributed by atoms with Crippen molar-refractivity contribution in [1.29, 1.82) is 0 Å². The van der Waals surface area contributed by atoms with Crippen LogP contribution in [0.5, 0.6) is 23.0 Å². The molecule has 2 heterocycles. The predicted octanol–water partition coefficient (Wildman–Crippen LogP) is 9.28. The van der Waals surface area contributed by atoms with Gasteiger partial charge in [-0.1, -0.05) is 83.3 Å². The molecule has 2 fully saturated rings. The normalized spacial score (nSPS) is 14.2. The fourth-order valence-corrected chi connectivity index (χ4v) is 5.67. The molecule has 0 aliphatic carbocycles. The number of benzene rings is 4. The number of alkyl halides is 1. The van der Waals surface area contributed by atoms with Crippen molar-refractivity contribution >= 4 is 34.8 Å². The number of carbonyl (C=O) groups excluding carboxylic acids is 2. The third-order valence-electron chi connectivity index (χ3n) is 7.45. The van der Waals surface area contributed by atoms with Gasteiger partial charge in [0.05, 0.1) is 13.1 Å². The largest absolute Gasteiger partial charge is 0.508 e. The molecule has 2 amide bonds. The summed E-state index contributed by atoms with van der Waals surface area (Å²) in [7, 11) is 0. The van der Waals surface area contributed by atoms with Gasteiger partial charge in [0.25, 0.3) is 0 Å². The molecular weight excluding hydrogens is 787 g/mol. The van der Waals surface area contributed by atoms with Crippen LogP contribution in [-0.2, 0) is 22.7 Å². The van der Waals surface area contributed by atoms with Gasteiger partial charge in [0, 0.05) is 17.0 Å². The Morgan fingerprint density at radius 2 is 0.981 bits per heavy atom. The molecule has 11 heteroatoms. The molecule has 53 heavy (non-hydrogen) atoms. The number of carbonyl (C=O) groups is 2. The molecule has 2 aliphatic heterocycles. The van der Waals surface area contributed by atoms with Gasteiger partial charge in [-0.05, 0) is 101 Å². The zero-order chi connectivity index (χ0) is 38.4. The second-order valence-corrected chi connectivity index (χ2v) is 16.4. The average Bonchev–Trinajstić information content (AvgIpc) is 3.07. The van der Waals surface area contributed by atoms with Crippen molar-refractivity contribution in [3.05, 3.63) is 120 Å². The number of rotatable bonds is 8. The fraction of sp³-hybridized carbons (Fsp3) is 0.381. The van der Waals surface area contributed by atoms with Gasteiger partial charge in [0.2, 0.25) is 0 Å². The minimum atomic E-state index is -0.474. The van der Waals surface area contributed by atoms with Gasteiger partial charge in [-0.25, -0.2) is 9.59 Å². The van der Waals surface area contributed by atoms with Gasteiger partial charge in [-0.3, -0.25) is 0 Å². The number of phenolic OH excluding ortho intramolecular Hbond substituents is 1. The summed E-state index contributed by atoms with van der Waals surface area (Å²) in [6.07, 6.45) is -0.476. The second kappa shape index (κ2) is 19.4. The Morgan fingerprint density at radius 1 is 0.604 bits per heavy atom. The lowest BCUT2D eigenvalue weighted by Crippen LogP contribution is -2.57. The van der Waals surface area contributed by atoms with Crippen molar-refractivity contribution in [2.45, 2.75) is 76.0 Å². The molecule has 6 rings (SSSR count). The van der Waals surface area contributed by atoms with Crippen LogP contribution in [0.25, 0.3) is 0 Å². The van der Waals surface area contributed by atoms with Gasteiger partial charge in [0.1, 0.15) is 53.5 Å². The molecule has 4 aromatic rings. The van der Waals surface area contributed by atoms with E-state index in [-0.39, 0.29) is 29.6 Å². The zero-order valence-corrected chi connectivity index (χ0v) is 33.5. The molecule has 0 spiro atoms. The number of likely N-dealkylation sites (tertiary alicyclic amines) is 2. The van der Waals surface area contributed by atoms with Gasteiger partial charge in [0.15, 0.2) is 0 Å². The maximum absolute atomic E-state index is 11.9. The van der Waals surface area contributed by atoms with E-state index in [4.69, 9.17) is 28.8 Å². The Bertz CT molecular complexity index is 1680. The Labute approximate surface area is 327 Å². The highest BCUT2D eigenvalue weighted by atomic mass is 127. The van der Waals surface area contributed by atoms with Gasteiger partial charge in [-0.15, -0.1) is 0 Å². The first-order valence-electron chi connectivity index (χ1n) is 17.6. The minimum absolute atomic E-state index is 0.00129. The minimum Gasteiger partial charge on any atom is -0.508 e. The highest BCUT2D eigenvalue weighted by Gasteiger charge is 2.35. The molecule has 2 saturated heterocycles. The van der Waals surface area contributed by atoms with Crippen molar-refractivity contribution in [3.63, 3.8) is 0 Å². The van der Waals surface area contributed by atoms with Crippen LogP contribution in [0, 0.1) is 0 Å². The number of nitrogens with zero attached hydrogens (tertiary/aromatic N) is 2. The number of hydrogen-bond acceptors (Lipinski definition) is 8. The highest BCUT2D eigenvalue weighted by Crippen LogP contribution is 2.24. The van der Waals surface area contributed by atoms with Crippen molar-refractivity contribution in [1.82, 2.24) is 9.80 Å². The van der Waals surface area contributed by atoms with E-state index < -0.39 is 5.60 Å². The maximum Gasteiger partial charge on any atom is 0.410 e. The number of ether oxygens (including phenoxy) is 5. The molecule has 0 aromatic heterocycles. The number of phenols is 1. The van der Waals surface area contributed by atoms with E-state index in [2.05, 4.69) is 22.6 Å². The fourth-order valence-electron chi connectivity index (χ4n) is 4.72. The van der Waals surface area contributed by atoms with Crippen molar-refractivity contribution in [3.8, 4) is 23.0 Å². The summed E-state index contributed by atoms with van der Waals surface area (Å²) in [5, 5.41) is 9.09. The Balaban J connectivity index is 0.000000196. The monoisotopic (exact) mass is 838 g/mol. The maximum atomic E-state index is 11.9. The summed E-state index contributed by atoms with van der Waals surface area (Å²) < 4.78 is 28.3. The van der Waals surface area contributed by atoms with E-state index in [0.717, 1.165) is 41.5 Å². The Kier molecular flexibility index (Phi) is 15.1. The lowest BCUT2D eigenvalue weighted by atomic mass is 10.1. The quantitative estimate of drug-likeness (QED) is 0.138. The summed E-state index contributed by atoms with van der Waals surface area (Å²) in [4.78, 5) is 26.6. The number of halogens is 1. The number of amides is 2. The molecule has 0 radical (unpaired) electrons. The molecule has 0 bridgehead atoms. The molecule has 0 atom stereocenters. The average molecular weight is 839 g/mol. The zero-order valence-electron chi connectivity index (χ0n) is 31.4. The van der Waals surface area contributed by atoms with Gasteiger partial charge in [-0.2, -0.15) is 0 Å². The summed E-state index contributed by atoms with van der Waals surface area (Å²) >= 11 is 2.33. The number of hydrogen-bond donors (Lipinski definition) is 1. The standard InChI is InChI=1S/C21H25NO4.C13H12O2.C8H14INO2/c1-21(2,3)26-20(23)22-13-19(14-22)25-18-11-9-17(10-12-18)24-15-16-7-5-4-6-8-16;14-12-6-8-13(9-7-12)15-10-11-4-2-1-3-5-11;1-8(2,3)12-7(11)10-4-6(9)5-10/h4-12,19H,13-15H2,1-3H3;1-9,14H,10H2;6H,4-5H2,1-3H3. The summed E-state index contributed by atoms with van der Waals surface area (Å²) in [5.41, 5.74) is 1.42. The van der Waals surface area contributed by atoms with Crippen LogP contribution in [0.2, 0.25) is 0 Å². The van der Waals surface area contributed by atoms with E-state index in [0.29, 0.717) is 30.2 Å². The van der Waals surface area contributed by atoms with Crippen LogP contribution in [0.1, 0.15) is 52.7 Å². The van der Waals surface area contributed by atoms with Crippen molar-refractivity contribution in [2.75, 3.05) is 26.2 Å². The second-order valence-electron chi connectivity index (χ2n) is 14.6. The molecule has 284 valence electrons. The van der Waals surface area contributed by atoms with Crippen LogP contribution < -0.4 is 14.2 Å². The van der Waals surface area contributed by atoms with E-state index in [1.165, 1.54) is 0 Å². The smallest absolute Gasteiger partial charge is 0.410 e. The lowest BCUT2D eigenvalue weighted by molar-refractivity contribution is -0.0221. The van der Waals surface area contributed by atoms with E-state index in [9.17, 15) is 9.59 Å². The predicted molar refractivity (Wildman–Crippen MR) is 214 cm³/mol. The van der Waals surface area contributed by atoms with Crippen LogP contribution in [0.3, 0.4) is 0 Å². The molecule has 0 unspecified atom stereocenters. The Hall–Kier alpha value is -4.65. The highest BCUT2D eigenvalue weighted by molar-refractivity contribution is 14.1. The third-order valence-corrected chi connectivity index (χ3v) is 8.24. The van der Waals surface area contributed by atoms with Crippen molar-refractivity contribution in [2.24, 2.45) is 0 Å². The Morgan fingerprint density at radius 3 is 1.38 bits per heavy atom. The van der Waals surface area contributed by atoms with Crippen LogP contribution >= 0.6 is 22.6 Å². The summed E-state index contributed by atoms with van der Waals surface area (Å²) in [6, 6.07) is 34.3. The van der Waals surface area contributed by atoms with E-state index >= 15 is 0 Å². The van der Waals surface area contributed by atoms with E-state index in [1.54, 1.807) is 34.1 Å². The molecule has 1 N–H and O–H groups in total. The third kappa shape index (κ3) is 15.5.